The van der Waals surface area contributed by atoms with Crippen LogP contribution in [-0.2, 0) is 17.6 Å². The summed E-state index contributed by atoms with van der Waals surface area (Å²) in [5.41, 5.74) is 4.95. The number of aliphatic hydroxyl groups excluding tert-OH is 2. The van der Waals surface area contributed by atoms with Gasteiger partial charge in [-0.25, -0.2) is 0 Å². The molecule has 0 saturated heterocycles. The minimum atomic E-state index is -0.698. The van der Waals surface area contributed by atoms with Gasteiger partial charge in [-0.05, 0) is 41.2 Å². The number of nitrogens with zero attached hydrogens (tertiary/aromatic N) is 1. The van der Waals surface area contributed by atoms with Gasteiger partial charge >= 0.3 is 0 Å². The maximum absolute atomic E-state index is 11.1. The first-order chi connectivity index (χ1) is 12.2. The quantitative estimate of drug-likeness (QED) is 0.651. The number of benzene rings is 2. The molecule has 0 aliphatic rings. The average Bonchev–Trinajstić information content (AvgIpc) is 2.66. The van der Waals surface area contributed by atoms with Crippen LogP contribution >= 0.6 is 0 Å². The molecule has 0 saturated carbocycles. The number of aliphatic hydroxyl groups is 2. The molecule has 2 aromatic carbocycles. The molecule has 0 fully saturated rings. The zero-order chi connectivity index (χ0) is 17.6. The number of carbonyl (C=O) groups is 1. The summed E-state index contributed by atoms with van der Waals surface area (Å²) in [4.78, 5) is 15.6. The fourth-order valence-corrected chi connectivity index (χ4v) is 3.07. The highest BCUT2D eigenvalue weighted by atomic mass is 16.3. The van der Waals surface area contributed by atoms with Crippen molar-refractivity contribution in [3.63, 3.8) is 0 Å². The number of pyridine rings is 1. The van der Waals surface area contributed by atoms with Gasteiger partial charge < -0.3 is 15.0 Å². The molecule has 1 heterocycles. The predicted molar refractivity (Wildman–Crippen MR) is 98.4 cm³/mol. The molecule has 0 aliphatic carbocycles. The van der Waals surface area contributed by atoms with Gasteiger partial charge in [0.2, 0.25) is 0 Å². The molecule has 0 aliphatic heterocycles. The minimum Gasteiger partial charge on any atom is -0.394 e. The van der Waals surface area contributed by atoms with E-state index in [1.807, 2.05) is 42.5 Å². The third-order valence-corrected chi connectivity index (χ3v) is 4.35. The third kappa shape index (κ3) is 3.92. The fourth-order valence-electron chi connectivity index (χ4n) is 3.07. The van der Waals surface area contributed by atoms with Crippen molar-refractivity contribution in [3.05, 3.63) is 65.9 Å². The van der Waals surface area contributed by atoms with Crippen LogP contribution in [0, 0.1) is 0 Å². The average molecular weight is 335 g/mol. The van der Waals surface area contributed by atoms with Gasteiger partial charge in [0, 0.05) is 18.0 Å². The Bertz CT molecular complexity index is 876. The van der Waals surface area contributed by atoms with Gasteiger partial charge in [0.05, 0.1) is 18.2 Å². The van der Waals surface area contributed by atoms with E-state index in [4.69, 9.17) is 5.11 Å². The van der Waals surface area contributed by atoms with Crippen LogP contribution in [-0.4, -0.2) is 34.2 Å². The maximum atomic E-state index is 11.1. The van der Waals surface area contributed by atoms with E-state index in [-0.39, 0.29) is 6.61 Å². The number of aldehydes is 1. The summed E-state index contributed by atoms with van der Waals surface area (Å²) in [7, 11) is 0. The van der Waals surface area contributed by atoms with E-state index in [0.29, 0.717) is 19.3 Å². The zero-order valence-electron chi connectivity index (χ0n) is 13.9. The highest BCUT2D eigenvalue weighted by Crippen LogP contribution is 2.32. The van der Waals surface area contributed by atoms with Gasteiger partial charge in [0.1, 0.15) is 6.29 Å². The largest absolute Gasteiger partial charge is 0.394 e. The highest BCUT2D eigenvalue weighted by molar-refractivity contribution is 5.96. The molecule has 4 heteroatoms. The number of hydrogen-bond acceptors (Lipinski definition) is 4. The summed E-state index contributed by atoms with van der Waals surface area (Å²) < 4.78 is 0. The molecule has 0 bridgehead atoms. The lowest BCUT2D eigenvalue weighted by Gasteiger charge is -2.13. The molecule has 0 radical (unpaired) electrons. The molecule has 0 amide bonds. The van der Waals surface area contributed by atoms with Crippen molar-refractivity contribution in [2.75, 3.05) is 6.61 Å². The van der Waals surface area contributed by atoms with Crippen molar-refractivity contribution in [3.8, 4) is 11.1 Å². The Balaban J connectivity index is 2.06. The summed E-state index contributed by atoms with van der Waals surface area (Å²) in [5, 5.41) is 19.6. The van der Waals surface area contributed by atoms with E-state index in [2.05, 4.69) is 11.1 Å². The minimum absolute atomic E-state index is 0.224. The van der Waals surface area contributed by atoms with Crippen LogP contribution in [0.4, 0.5) is 0 Å². The van der Waals surface area contributed by atoms with Crippen LogP contribution in [0.2, 0.25) is 0 Å². The van der Waals surface area contributed by atoms with Gasteiger partial charge in [-0.15, -0.1) is 0 Å². The Hall–Kier alpha value is -2.56. The van der Waals surface area contributed by atoms with Crippen LogP contribution in [0.5, 0.6) is 0 Å². The van der Waals surface area contributed by atoms with Crippen molar-refractivity contribution < 1.29 is 15.0 Å². The molecule has 25 heavy (non-hydrogen) atoms. The van der Waals surface area contributed by atoms with E-state index < -0.39 is 6.10 Å². The van der Waals surface area contributed by atoms with Crippen molar-refractivity contribution >= 4 is 17.2 Å². The molecule has 3 aromatic rings. The standard InChI is InChI=1S/C21H21NO3/c23-11-10-17-13-22-20-7-2-1-6-19(20)21(17)16-5-3-4-15(12-16)8-9-18(25)14-24/h1-7,11-13,18,24-25H,8-10,14H2. The monoisotopic (exact) mass is 335 g/mol. The number of hydrogen-bond donors (Lipinski definition) is 2. The normalized spacial score (nSPS) is 12.2. The van der Waals surface area contributed by atoms with E-state index in [1.54, 1.807) is 6.20 Å². The Morgan fingerprint density at radius 2 is 1.96 bits per heavy atom. The van der Waals surface area contributed by atoms with Gasteiger partial charge in [-0.1, -0.05) is 42.5 Å². The molecule has 4 nitrogen and oxygen atoms in total. The maximum Gasteiger partial charge on any atom is 0.124 e. The highest BCUT2D eigenvalue weighted by Gasteiger charge is 2.12. The first kappa shape index (κ1) is 17.3. The number of fused-ring (bicyclic) bond motifs is 1. The Labute approximate surface area is 146 Å². The van der Waals surface area contributed by atoms with Crippen LogP contribution < -0.4 is 0 Å². The van der Waals surface area contributed by atoms with Crippen LogP contribution in [0.3, 0.4) is 0 Å². The van der Waals surface area contributed by atoms with Crippen LogP contribution in [0.25, 0.3) is 22.0 Å². The molecule has 3 rings (SSSR count). The SMILES string of the molecule is O=CCc1cnc2ccccc2c1-c1cccc(CCC(O)CO)c1. The fraction of sp³-hybridized carbons (Fsp3) is 0.238. The predicted octanol–water partition coefficient (Wildman–Crippen LogP) is 2.93. The second-order valence-corrected chi connectivity index (χ2v) is 6.12. The number of carbonyl (C=O) groups excluding carboxylic acids is 1. The molecular weight excluding hydrogens is 314 g/mol. The Morgan fingerprint density at radius 1 is 1.12 bits per heavy atom. The van der Waals surface area contributed by atoms with Crippen LogP contribution in [0.1, 0.15) is 17.5 Å². The summed E-state index contributed by atoms with van der Waals surface area (Å²) in [6, 6.07) is 16.0. The first-order valence-corrected chi connectivity index (χ1v) is 8.41. The Kier molecular flexibility index (Phi) is 5.53. The molecule has 0 spiro atoms. The number of aromatic nitrogens is 1. The van der Waals surface area contributed by atoms with E-state index in [0.717, 1.165) is 39.4 Å². The zero-order valence-corrected chi connectivity index (χ0v) is 13.9. The van der Waals surface area contributed by atoms with Gasteiger partial charge in [-0.3, -0.25) is 4.98 Å². The lowest BCUT2D eigenvalue weighted by Crippen LogP contribution is -2.12. The second kappa shape index (κ2) is 8.01. The van der Waals surface area contributed by atoms with Gasteiger partial charge in [-0.2, -0.15) is 0 Å². The second-order valence-electron chi connectivity index (χ2n) is 6.12. The summed E-state index contributed by atoms with van der Waals surface area (Å²) in [5.74, 6) is 0. The van der Waals surface area contributed by atoms with Crippen molar-refractivity contribution in [1.29, 1.82) is 0 Å². The smallest absolute Gasteiger partial charge is 0.124 e. The first-order valence-electron chi connectivity index (χ1n) is 8.41. The van der Waals surface area contributed by atoms with Crippen molar-refractivity contribution in [2.45, 2.75) is 25.4 Å². The molecular formula is C21H21NO3. The molecule has 1 atom stereocenters. The number of rotatable bonds is 7. The number of para-hydroxylation sites is 1. The molecule has 1 aromatic heterocycles. The molecule has 128 valence electrons. The van der Waals surface area contributed by atoms with Gasteiger partial charge in [0.15, 0.2) is 0 Å². The third-order valence-electron chi connectivity index (χ3n) is 4.35. The summed E-state index contributed by atoms with van der Waals surface area (Å²) in [6.07, 6.45) is 3.49. The lowest BCUT2D eigenvalue weighted by atomic mass is 9.93. The summed E-state index contributed by atoms with van der Waals surface area (Å²) in [6.45, 7) is -0.224. The van der Waals surface area contributed by atoms with Gasteiger partial charge in [0.25, 0.3) is 0 Å². The summed E-state index contributed by atoms with van der Waals surface area (Å²) >= 11 is 0. The molecule has 1 unspecified atom stereocenters. The van der Waals surface area contributed by atoms with E-state index >= 15 is 0 Å². The van der Waals surface area contributed by atoms with Crippen molar-refractivity contribution in [1.82, 2.24) is 4.98 Å². The topological polar surface area (TPSA) is 70.4 Å². The lowest BCUT2D eigenvalue weighted by molar-refractivity contribution is -0.107. The Morgan fingerprint density at radius 3 is 2.76 bits per heavy atom. The van der Waals surface area contributed by atoms with E-state index in [1.165, 1.54) is 0 Å². The van der Waals surface area contributed by atoms with Crippen LogP contribution in [0.15, 0.2) is 54.7 Å². The van der Waals surface area contributed by atoms with E-state index in [9.17, 15) is 9.90 Å². The number of aryl methyl sites for hydroxylation is 1. The van der Waals surface area contributed by atoms with Crippen molar-refractivity contribution in [2.24, 2.45) is 0 Å². The molecule has 2 N–H and O–H groups in total.